The van der Waals surface area contributed by atoms with E-state index >= 15 is 0 Å². The molecule has 0 spiro atoms. The van der Waals surface area contributed by atoms with Crippen molar-refractivity contribution < 1.29 is 0 Å². The fraction of sp³-hybridized carbons (Fsp3) is 0.417. The summed E-state index contributed by atoms with van der Waals surface area (Å²) in [6.45, 7) is 4.10. The van der Waals surface area contributed by atoms with Gasteiger partial charge in [-0.25, -0.2) is 0 Å². The van der Waals surface area contributed by atoms with Gasteiger partial charge in [0.1, 0.15) is 0 Å². The molecule has 2 nitrogen and oxygen atoms in total. The summed E-state index contributed by atoms with van der Waals surface area (Å²) in [7, 11) is 2.04. The average molecular weight is 255 g/mol. The molecule has 0 amide bonds. The normalized spacial score (nSPS) is 16.8. The fourth-order valence-corrected chi connectivity index (χ4v) is 2.52. The third kappa shape index (κ3) is 2.15. The van der Waals surface area contributed by atoms with Crippen LogP contribution in [-0.2, 0) is 0 Å². The Kier molecular flexibility index (Phi) is 3.36. The van der Waals surface area contributed by atoms with E-state index in [0.717, 1.165) is 29.6 Å². The summed E-state index contributed by atoms with van der Waals surface area (Å²) in [6, 6.07) is 5.94. The molecule has 0 aliphatic carbocycles. The molecule has 1 aromatic rings. The fourth-order valence-electron chi connectivity index (χ4n) is 2.01. The van der Waals surface area contributed by atoms with Gasteiger partial charge in [-0.3, -0.25) is 0 Å². The maximum absolute atomic E-state index is 5.96. The Bertz CT molecular complexity index is 419. The highest BCUT2D eigenvalue weighted by atomic mass is 35.5. The number of hydrogen-bond acceptors (Lipinski definition) is 1. The van der Waals surface area contributed by atoms with Crippen molar-refractivity contribution in [3.8, 4) is 0 Å². The molecule has 0 unspecified atom stereocenters. The maximum atomic E-state index is 5.96. The minimum Gasteiger partial charge on any atom is -0.352 e. The summed E-state index contributed by atoms with van der Waals surface area (Å²) in [5.41, 5.74) is 2.34. The quantitative estimate of drug-likeness (QED) is 0.712. The van der Waals surface area contributed by atoms with Gasteiger partial charge in [-0.1, -0.05) is 11.6 Å². The number of hydrogen-bond donors (Lipinski definition) is 0. The first-order chi connectivity index (χ1) is 7.59. The molecule has 1 aliphatic rings. The molecular weight excluding hydrogens is 240 g/mol. The lowest BCUT2D eigenvalue weighted by Crippen LogP contribution is -2.47. The Morgan fingerprint density at radius 1 is 1.31 bits per heavy atom. The van der Waals surface area contributed by atoms with Crippen molar-refractivity contribution in [1.29, 1.82) is 0 Å². The monoisotopic (exact) mass is 254 g/mol. The molecule has 0 radical (unpaired) electrons. The van der Waals surface area contributed by atoms with Crippen molar-refractivity contribution in [1.82, 2.24) is 4.90 Å². The number of rotatable bonds is 1. The number of halogens is 1. The summed E-state index contributed by atoms with van der Waals surface area (Å²) >= 11 is 11.4. The van der Waals surface area contributed by atoms with Crippen molar-refractivity contribution in [2.75, 3.05) is 25.0 Å². The minimum absolute atomic E-state index is 0.775. The van der Waals surface area contributed by atoms with Crippen LogP contribution in [0.4, 0.5) is 5.69 Å². The van der Waals surface area contributed by atoms with E-state index in [1.807, 2.05) is 25.2 Å². The van der Waals surface area contributed by atoms with Crippen LogP contribution in [0.5, 0.6) is 0 Å². The Balaban J connectivity index is 2.32. The SMILES string of the molecule is Cc1cc(Cl)ccc1N1CCCN(C)C1=S. The first-order valence-electron chi connectivity index (χ1n) is 5.38. The van der Waals surface area contributed by atoms with Crippen molar-refractivity contribution in [2.24, 2.45) is 0 Å². The van der Waals surface area contributed by atoms with Crippen LogP contribution < -0.4 is 4.90 Å². The Hall–Kier alpha value is -0.800. The maximum Gasteiger partial charge on any atom is 0.175 e. The molecule has 16 heavy (non-hydrogen) atoms. The molecule has 86 valence electrons. The zero-order valence-electron chi connectivity index (χ0n) is 9.53. The number of benzene rings is 1. The molecule has 0 bridgehead atoms. The van der Waals surface area contributed by atoms with Crippen LogP contribution in [-0.4, -0.2) is 30.1 Å². The summed E-state index contributed by atoms with van der Waals surface area (Å²) in [5, 5.41) is 1.68. The third-order valence-electron chi connectivity index (χ3n) is 2.88. The lowest BCUT2D eigenvalue weighted by molar-refractivity contribution is 0.460. The lowest BCUT2D eigenvalue weighted by Gasteiger charge is -2.37. The predicted molar refractivity (Wildman–Crippen MR) is 73.4 cm³/mol. The van der Waals surface area contributed by atoms with Crippen LogP contribution >= 0.6 is 23.8 Å². The molecule has 1 heterocycles. The first-order valence-corrected chi connectivity index (χ1v) is 6.17. The van der Waals surface area contributed by atoms with Crippen molar-refractivity contribution in [2.45, 2.75) is 13.3 Å². The van der Waals surface area contributed by atoms with Crippen molar-refractivity contribution in [3.63, 3.8) is 0 Å². The molecule has 2 rings (SSSR count). The Labute approximate surface area is 107 Å². The van der Waals surface area contributed by atoms with Crippen LogP contribution in [0.2, 0.25) is 5.02 Å². The molecular formula is C12H15ClN2S. The number of anilines is 1. The van der Waals surface area contributed by atoms with Gasteiger partial charge in [-0.15, -0.1) is 0 Å². The van der Waals surface area contributed by atoms with Crippen molar-refractivity contribution >= 4 is 34.6 Å². The molecule has 0 aromatic heterocycles. The van der Waals surface area contributed by atoms with Gasteiger partial charge in [0.25, 0.3) is 0 Å². The van der Waals surface area contributed by atoms with E-state index in [9.17, 15) is 0 Å². The van der Waals surface area contributed by atoms with E-state index < -0.39 is 0 Å². The lowest BCUT2D eigenvalue weighted by atomic mass is 10.1. The van der Waals surface area contributed by atoms with Gasteiger partial charge < -0.3 is 9.80 Å². The molecule has 4 heteroatoms. The Morgan fingerprint density at radius 2 is 2.06 bits per heavy atom. The highest BCUT2D eigenvalue weighted by molar-refractivity contribution is 7.80. The number of thiocarbonyl (C=S) groups is 1. The van der Waals surface area contributed by atoms with E-state index in [0.29, 0.717) is 0 Å². The summed E-state index contributed by atoms with van der Waals surface area (Å²) in [6.07, 6.45) is 1.14. The van der Waals surface area contributed by atoms with Gasteiger partial charge in [0.05, 0.1) is 0 Å². The average Bonchev–Trinajstić information content (AvgIpc) is 2.23. The minimum atomic E-state index is 0.775. The molecule has 1 aromatic carbocycles. The van der Waals surface area contributed by atoms with Crippen LogP contribution in [0.1, 0.15) is 12.0 Å². The van der Waals surface area contributed by atoms with Gasteiger partial charge in [0.15, 0.2) is 5.11 Å². The van der Waals surface area contributed by atoms with Gasteiger partial charge in [-0.05, 0) is 49.3 Å². The van der Waals surface area contributed by atoms with Gasteiger partial charge >= 0.3 is 0 Å². The largest absolute Gasteiger partial charge is 0.352 e. The molecule has 1 fully saturated rings. The second kappa shape index (κ2) is 4.60. The second-order valence-electron chi connectivity index (χ2n) is 4.14. The van der Waals surface area contributed by atoms with Crippen LogP contribution in [0.15, 0.2) is 18.2 Å². The number of aryl methyl sites for hydroxylation is 1. The molecule has 0 saturated carbocycles. The Morgan fingerprint density at radius 3 is 2.75 bits per heavy atom. The second-order valence-corrected chi connectivity index (χ2v) is 4.94. The first kappa shape index (κ1) is 11.7. The van der Waals surface area contributed by atoms with Crippen LogP contribution in [0.3, 0.4) is 0 Å². The summed E-state index contributed by atoms with van der Waals surface area (Å²) < 4.78 is 0. The van der Waals surface area contributed by atoms with Gasteiger partial charge in [0.2, 0.25) is 0 Å². The van der Waals surface area contributed by atoms with Crippen LogP contribution in [0.25, 0.3) is 0 Å². The van der Waals surface area contributed by atoms with E-state index in [2.05, 4.69) is 16.7 Å². The highest BCUT2D eigenvalue weighted by Gasteiger charge is 2.21. The summed E-state index contributed by atoms with van der Waals surface area (Å²) in [5.74, 6) is 0. The summed E-state index contributed by atoms with van der Waals surface area (Å²) in [4.78, 5) is 4.30. The molecule has 0 N–H and O–H groups in total. The molecule has 0 atom stereocenters. The molecule has 1 aliphatic heterocycles. The van der Waals surface area contributed by atoms with E-state index in [-0.39, 0.29) is 0 Å². The zero-order chi connectivity index (χ0) is 11.7. The standard InChI is InChI=1S/C12H15ClN2S/c1-9-8-10(13)4-5-11(9)15-7-3-6-14(2)12(15)16/h4-5,8H,3,6-7H2,1-2H3. The molecule has 1 saturated heterocycles. The van der Waals surface area contributed by atoms with E-state index in [1.54, 1.807) is 0 Å². The van der Waals surface area contributed by atoms with Crippen molar-refractivity contribution in [3.05, 3.63) is 28.8 Å². The third-order valence-corrected chi connectivity index (χ3v) is 3.65. The van der Waals surface area contributed by atoms with E-state index in [1.165, 1.54) is 11.3 Å². The van der Waals surface area contributed by atoms with Gasteiger partial charge in [-0.2, -0.15) is 0 Å². The smallest absolute Gasteiger partial charge is 0.175 e. The van der Waals surface area contributed by atoms with Gasteiger partial charge in [0, 0.05) is 30.8 Å². The zero-order valence-corrected chi connectivity index (χ0v) is 11.1. The highest BCUT2D eigenvalue weighted by Crippen LogP contribution is 2.26. The van der Waals surface area contributed by atoms with Crippen LogP contribution in [0, 0.1) is 6.92 Å². The topological polar surface area (TPSA) is 6.48 Å². The number of nitrogens with zero attached hydrogens (tertiary/aromatic N) is 2. The van der Waals surface area contributed by atoms with E-state index in [4.69, 9.17) is 23.8 Å². The predicted octanol–water partition coefficient (Wildman–Crippen LogP) is 3.08.